The van der Waals surface area contributed by atoms with Gasteiger partial charge in [0, 0.05) is 0 Å². The number of anilines is 1. The standard InChI is InChI=1S/C7H9ClN4O2/c8-5-1-2-6(12-11-5)10-3-4(13)7(9)14/h1-2,4,13H,3H2,(H2,9,14)(H,10,12). The number of amides is 1. The number of aliphatic hydroxyl groups excluding tert-OH is 1. The Balaban J connectivity index is 2.46. The molecule has 0 aromatic carbocycles. The number of nitrogens with two attached hydrogens (primary N) is 1. The van der Waals surface area contributed by atoms with Gasteiger partial charge in [0.25, 0.3) is 0 Å². The van der Waals surface area contributed by atoms with E-state index in [9.17, 15) is 4.79 Å². The number of nitrogens with zero attached hydrogens (tertiary/aromatic N) is 2. The van der Waals surface area contributed by atoms with Crippen LogP contribution in [-0.2, 0) is 4.79 Å². The highest BCUT2D eigenvalue weighted by atomic mass is 35.5. The molecule has 76 valence electrons. The Morgan fingerprint density at radius 1 is 1.64 bits per heavy atom. The number of hydrogen-bond acceptors (Lipinski definition) is 5. The Hall–Kier alpha value is -1.40. The van der Waals surface area contributed by atoms with Gasteiger partial charge in [0.1, 0.15) is 11.9 Å². The molecule has 0 aliphatic heterocycles. The van der Waals surface area contributed by atoms with Gasteiger partial charge < -0.3 is 16.2 Å². The van der Waals surface area contributed by atoms with E-state index in [0.29, 0.717) is 5.82 Å². The van der Waals surface area contributed by atoms with E-state index in [-0.39, 0.29) is 11.7 Å². The minimum atomic E-state index is -1.24. The monoisotopic (exact) mass is 216 g/mol. The van der Waals surface area contributed by atoms with Gasteiger partial charge >= 0.3 is 0 Å². The third kappa shape index (κ3) is 3.15. The van der Waals surface area contributed by atoms with Crippen LogP contribution in [0, 0.1) is 0 Å². The molecule has 14 heavy (non-hydrogen) atoms. The molecule has 1 atom stereocenters. The van der Waals surface area contributed by atoms with Crippen molar-refractivity contribution >= 4 is 23.3 Å². The first kappa shape index (κ1) is 10.7. The number of carbonyl (C=O) groups is 1. The zero-order chi connectivity index (χ0) is 10.6. The van der Waals surface area contributed by atoms with Crippen molar-refractivity contribution in [3.63, 3.8) is 0 Å². The van der Waals surface area contributed by atoms with Gasteiger partial charge in [-0.3, -0.25) is 4.79 Å². The number of hydrogen-bond donors (Lipinski definition) is 3. The van der Waals surface area contributed by atoms with Crippen molar-refractivity contribution in [3.05, 3.63) is 17.3 Å². The minimum Gasteiger partial charge on any atom is -0.381 e. The molecule has 0 saturated carbocycles. The zero-order valence-corrected chi connectivity index (χ0v) is 7.90. The molecule has 0 bridgehead atoms. The van der Waals surface area contributed by atoms with Gasteiger partial charge in [-0.25, -0.2) is 0 Å². The Morgan fingerprint density at radius 2 is 2.36 bits per heavy atom. The fourth-order valence-electron chi connectivity index (χ4n) is 0.712. The quantitative estimate of drug-likeness (QED) is 0.623. The molecule has 1 aromatic heterocycles. The van der Waals surface area contributed by atoms with E-state index in [2.05, 4.69) is 15.5 Å². The summed E-state index contributed by atoms with van der Waals surface area (Å²) in [4.78, 5) is 10.4. The van der Waals surface area contributed by atoms with E-state index < -0.39 is 12.0 Å². The van der Waals surface area contributed by atoms with E-state index in [1.54, 1.807) is 6.07 Å². The Labute approximate surface area is 85.1 Å². The summed E-state index contributed by atoms with van der Waals surface area (Å²) in [6.45, 7) is -0.00829. The third-order valence-corrected chi connectivity index (χ3v) is 1.64. The van der Waals surface area contributed by atoms with Crippen molar-refractivity contribution in [2.75, 3.05) is 11.9 Å². The summed E-state index contributed by atoms with van der Waals surface area (Å²) in [6, 6.07) is 3.11. The van der Waals surface area contributed by atoms with Crippen LogP contribution >= 0.6 is 11.6 Å². The molecule has 7 heteroatoms. The number of halogens is 1. The highest BCUT2D eigenvalue weighted by Crippen LogP contribution is 2.05. The van der Waals surface area contributed by atoms with Crippen molar-refractivity contribution in [1.82, 2.24) is 10.2 Å². The molecule has 1 amide bonds. The molecule has 0 aliphatic rings. The van der Waals surface area contributed by atoms with Gasteiger partial charge in [-0.2, -0.15) is 0 Å². The smallest absolute Gasteiger partial charge is 0.248 e. The van der Waals surface area contributed by atoms with Crippen LogP contribution in [0.3, 0.4) is 0 Å². The lowest BCUT2D eigenvalue weighted by Gasteiger charge is -2.07. The molecule has 0 aliphatic carbocycles. The van der Waals surface area contributed by atoms with Crippen molar-refractivity contribution in [1.29, 1.82) is 0 Å². The Kier molecular flexibility index (Phi) is 3.61. The fourth-order valence-corrected chi connectivity index (χ4v) is 0.813. The normalized spacial score (nSPS) is 12.1. The summed E-state index contributed by atoms with van der Waals surface area (Å²) in [5.41, 5.74) is 4.84. The van der Waals surface area contributed by atoms with Gasteiger partial charge in [0.05, 0.1) is 6.54 Å². The maximum absolute atomic E-state index is 10.4. The number of carbonyl (C=O) groups excluding carboxylic acids is 1. The number of aromatic nitrogens is 2. The highest BCUT2D eigenvalue weighted by Gasteiger charge is 2.09. The number of primary amides is 1. The van der Waals surface area contributed by atoms with Crippen LogP contribution < -0.4 is 11.1 Å². The lowest BCUT2D eigenvalue weighted by Crippen LogP contribution is -2.34. The summed E-state index contributed by atoms with van der Waals surface area (Å²) in [7, 11) is 0. The second-order valence-electron chi connectivity index (χ2n) is 2.54. The molecule has 0 fully saturated rings. The zero-order valence-electron chi connectivity index (χ0n) is 7.14. The number of nitrogens with one attached hydrogen (secondary N) is 1. The van der Waals surface area contributed by atoms with Crippen LogP contribution in [0.4, 0.5) is 5.82 Å². The lowest BCUT2D eigenvalue weighted by atomic mass is 10.3. The van der Waals surface area contributed by atoms with Crippen LogP contribution in [0.15, 0.2) is 12.1 Å². The van der Waals surface area contributed by atoms with Crippen LogP contribution in [0.2, 0.25) is 5.15 Å². The maximum Gasteiger partial charge on any atom is 0.248 e. The molecule has 6 nitrogen and oxygen atoms in total. The fraction of sp³-hybridized carbons (Fsp3) is 0.286. The molecule has 0 saturated heterocycles. The van der Waals surface area contributed by atoms with E-state index >= 15 is 0 Å². The Morgan fingerprint density at radius 3 is 2.86 bits per heavy atom. The van der Waals surface area contributed by atoms with Crippen LogP contribution in [0.5, 0.6) is 0 Å². The minimum absolute atomic E-state index is 0.00829. The van der Waals surface area contributed by atoms with Crippen molar-refractivity contribution in [3.8, 4) is 0 Å². The van der Waals surface area contributed by atoms with E-state index in [1.807, 2.05) is 0 Å². The summed E-state index contributed by atoms with van der Waals surface area (Å²) in [5.74, 6) is -0.380. The summed E-state index contributed by atoms with van der Waals surface area (Å²) < 4.78 is 0. The average molecular weight is 217 g/mol. The molecule has 0 spiro atoms. The number of aliphatic hydroxyl groups is 1. The predicted molar refractivity (Wildman–Crippen MR) is 50.7 cm³/mol. The predicted octanol–water partition coefficient (Wildman–Crippen LogP) is -0.612. The molecular weight excluding hydrogens is 208 g/mol. The first-order valence-electron chi connectivity index (χ1n) is 3.80. The van der Waals surface area contributed by atoms with Gasteiger partial charge in [0.2, 0.25) is 5.91 Å². The summed E-state index contributed by atoms with van der Waals surface area (Å²) in [5, 5.41) is 19.2. The number of rotatable bonds is 4. The molecule has 1 unspecified atom stereocenters. The van der Waals surface area contributed by atoms with E-state index in [4.69, 9.17) is 22.4 Å². The van der Waals surface area contributed by atoms with Crippen LogP contribution in [-0.4, -0.2) is 33.9 Å². The van der Waals surface area contributed by atoms with Crippen molar-refractivity contribution in [2.24, 2.45) is 5.73 Å². The van der Waals surface area contributed by atoms with Gasteiger partial charge in [0.15, 0.2) is 5.15 Å². The second kappa shape index (κ2) is 4.73. The topological polar surface area (TPSA) is 101 Å². The first-order chi connectivity index (χ1) is 6.59. The van der Waals surface area contributed by atoms with Crippen molar-refractivity contribution in [2.45, 2.75) is 6.10 Å². The van der Waals surface area contributed by atoms with Crippen LogP contribution in [0.1, 0.15) is 0 Å². The first-order valence-corrected chi connectivity index (χ1v) is 4.18. The SMILES string of the molecule is NC(=O)C(O)CNc1ccc(Cl)nn1. The lowest BCUT2D eigenvalue weighted by molar-refractivity contribution is -0.125. The summed E-state index contributed by atoms with van der Waals surface area (Å²) in [6.07, 6.45) is -1.24. The highest BCUT2D eigenvalue weighted by molar-refractivity contribution is 6.29. The second-order valence-corrected chi connectivity index (χ2v) is 2.93. The van der Waals surface area contributed by atoms with Crippen molar-refractivity contribution < 1.29 is 9.90 Å². The molecule has 1 aromatic rings. The molecular formula is C7H9ClN4O2. The van der Waals surface area contributed by atoms with Gasteiger partial charge in [-0.1, -0.05) is 11.6 Å². The van der Waals surface area contributed by atoms with Crippen LogP contribution in [0.25, 0.3) is 0 Å². The third-order valence-electron chi connectivity index (χ3n) is 1.44. The largest absolute Gasteiger partial charge is 0.381 e. The molecule has 1 rings (SSSR count). The average Bonchev–Trinajstić information content (AvgIpc) is 2.16. The molecule has 0 radical (unpaired) electrons. The maximum atomic E-state index is 10.4. The summed E-state index contributed by atoms with van der Waals surface area (Å²) >= 11 is 5.50. The van der Waals surface area contributed by atoms with E-state index in [0.717, 1.165) is 0 Å². The van der Waals surface area contributed by atoms with Gasteiger partial charge in [-0.05, 0) is 12.1 Å². The van der Waals surface area contributed by atoms with Gasteiger partial charge in [-0.15, -0.1) is 10.2 Å². The molecule has 4 N–H and O–H groups in total. The van der Waals surface area contributed by atoms with E-state index in [1.165, 1.54) is 6.07 Å². The Bertz CT molecular complexity index is 316. The molecule has 1 heterocycles.